The maximum absolute atomic E-state index is 13.2. The van der Waals surface area contributed by atoms with Crippen molar-refractivity contribution in [1.82, 2.24) is 5.32 Å². The lowest BCUT2D eigenvalue weighted by molar-refractivity contribution is -0.379. The number of hydrogen-bond acceptors (Lipinski definition) is 18. The zero-order valence-electron chi connectivity index (χ0n) is 52.9. The summed E-state index contributed by atoms with van der Waals surface area (Å²) in [4.78, 5) is 13.2. The molecule has 19 heteroatoms. The molecule has 19 nitrogen and oxygen atoms in total. The first kappa shape index (κ1) is 77.8. The van der Waals surface area contributed by atoms with Gasteiger partial charge in [-0.05, 0) is 38.5 Å². The van der Waals surface area contributed by atoms with E-state index < -0.39 is 124 Å². The Morgan fingerprint density at radius 3 is 1.14 bits per heavy atom. The summed E-state index contributed by atoms with van der Waals surface area (Å²) in [5.41, 5.74) is 0. The fraction of sp³-hybridized carbons (Fsp3) is 0.955. The summed E-state index contributed by atoms with van der Waals surface area (Å²) in [5, 5.41) is 119. The molecular weight excluding hydrogens is 1090 g/mol. The Kier molecular flexibility index (Phi) is 45.1. The lowest BCUT2D eigenvalue weighted by Gasteiger charge is -2.48. The highest BCUT2D eigenvalue weighted by Gasteiger charge is 2.53. The van der Waals surface area contributed by atoms with Crippen LogP contribution in [0.4, 0.5) is 0 Å². The van der Waals surface area contributed by atoms with Gasteiger partial charge < -0.3 is 89.9 Å². The van der Waals surface area contributed by atoms with Crippen LogP contribution < -0.4 is 5.32 Å². The second kappa shape index (κ2) is 49.3. The Morgan fingerprint density at radius 1 is 0.412 bits per heavy atom. The molecule has 3 aliphatic rings. The van der Waals surface area contributed by atoms with Crippen molar-refractivity contribution in [2.24, 2.45) is 0 Å². The van der Waals surface area contributed by atoms with E-state index in [0.29, 0.717) is 19.3 Å². The first-order valence-electron chi connectivity index (χ1n) is 34.4. The lowest BCUT2D eigenvalue weighted by atomic mass is 9.96. The van der Waals surface area contributed by atoms with Crippen LogP contribution in [-0.2, 0) is 33.2 Å². The largest absolute Gasteiger partial charge is 0.394 e. The lowest BCUT2D eigenvalue weighted by Crippen LogP contribution is -2.66. The molecule has 0 spiro atoms. The zero-order valence-corrected chi connectivity index (χ0v) is 52.9. The van der Waals surface area contributed by atoms with Crippen molar-refractivity contribution in [3.05, 3.63) is 12.2 Å². The van der Waals surface area contributed by atoms with Crippen LogP contribution in [-0.4, -0.2) is 193 Å². The van der Waals surface area contributed by atoms with Crippen LogP contribution in [0, 0.1) is 0 Å². The molecule has 3 rings (SSSR count). The molecule has 0 bridgehead atoms. The second-order valence-corrected chi connectivity index (χ2v) is 25.0. The Labute approximate surface area is 512 Å². The van der Waals surface area contributed by atoms with Crippen molar-refractivity contribution < 1.29 is 89.4 Å². The van der Waals surface area contributed by atoms with Gasteiger partial charge in [0.25, 0.3) is 0 Å². The summed E-state index contributed by atoms with van der Waals surface area (Å²) < 4.78 is 34.1. The highest BCUT2D eigenvalue weighted by atomic mass is 16.8. The number of carbonyl (C=O) groups excluding carboxylic acids is 1. The van der Waals surface area contributed by atoms with Crippen LogP contribution in [0.3, 0.4) is 0 Å². The molecule has 0 aliphatic carbocycles. The minimum Gasteiger partial charge on any atom is -0.394 e. The molecule has 0 radical (unpaired) electrons. The number of ether oxygens (including phenoxy) is 6. The number of unbranched alkanes of at least 4 members (excludes halogenated alkanes) is 35. The van der Waals surface area contributed by atoms with Crippen molar-refractivity contribution in [3.63, 3.8) is 0 Å². The maximum Gasteiger partial charge on any atom is 0.220 e. The van der Waals surface area contributed by atoms with E-state index in [1.54, 1.807) is 0 Å². The molecular formula is C66H125NO18. The molecule has 1 amide bonds. The SMILES string of the molecule is CCCCCCCCCC/C=C\CCCCCCCCCCCCCCCCCCCCCCCCCCCC(=O)NC(COC1OC(CO)C(OC2OC(CO)C(OC3OC(CO)C(O)C(O)C3O)C(O)C2O)C(O)C1O)C(O)CCCCC. The third-order valence-corrected chi connectivity index (χ3v) is 17.6. The van der Waals surface area contributed by atoms with Crippen molar-refractivity contribution >= 4 is 5.91 Å². The van der Waals surface area contributed by atoms with Crippen molar-refractivity contribution in [2.75, 3.05) is 26.4 Å². The molecule has 3 fully saturated rings. The summed E-state index contributed by atoms with van der Waals surface area (Å²) in [6.45, 7) is 1.62. The normalized spacial score (nSPS) is 29.0. The van der Waals surface area contributed by atoms with Crippen LogP contribution >= 0.6 is 0 Å². The average molecular weight is 1220 g/mol. The van der Waals surface area contributed by atoms with Crippen LogP contribution in [0.15, 0.2) is 12.2 Å². The van der Waals surface area contributed by atoms with Crippen molar-refractivity contribution in [2.45, 2.75) is 375 Å². The number of rotatable bonds is 53. The minimum atomic E-state index is -1.97. The highest BCUT2D eigenvalue weighted by molar-refractivity contribution is 5.76. The standard InChI is InChI=1S/C66H125NO18/c1-3-5-7-8-9-10-11-12-13-14-15-16-17-18-19-20-21-22-23-24-25-26-27-28-29-30-31-32-33-34-35-36-37-38-39-40-42-44-54(72)67-49(50(71)43-41-6-4-2)48-80-64-60(78)57(75)62(52(46-69)82-64)85-66-61(79)58(76)63(53(47-70)83-66)84-65-59(77)56(74)55(73)51(45-68)81-65/h14-15,49-53,55-66,68-71,73-79H,3-13,16-48H2,1-2H3,(H,67,72)/b15-14-. The summed E-state index contributed by atoms with van der Waals surface area (Å²) in [6, 6.07) is -0.878. The van der Waals surface area contributed by atoms with Gasteiger partial charge in [-0.1, -0.05) is 238 Å². The van der Waals surface area contributed by atoms with Crippen LogP contribution in [0.5, 0.6) is 0 Å². The van der Waals surface area contributed by atoms with Gasteiger partial charge in [-0.25, -0.2) is 0 Å². The van der Waals surface area contributed by atoms with Gasteiger partial charge in [0.1, 0.15) is 73.2 Å². The zero-order chi connectivity index (χ0) is 61.9. The van der Waals surface area contributed by atoms with Gasteiger partial charge >= 0.3 is 0 Å². The van der Waals surface area contributed by atoms with Crippen LogP contribution in [0.2, 0.25) is 0 Å². The van der Waals surface area contributed by atoms with Crippen molar-refractivity contribution in [1.29, 1.82) is 0 Å². The van der Waals surface area contributed by atoms with E-state index in [-0.39, 0.29) is 18.9 Å². The fourth-order valence-electron chi connectivity index (χ4n) is 12.0. The van der Waals surface area contributed by atoms with Gasteiger partial charge in [0.05, 0.1) is 38.6 Å². The van der Waals surface area contributed by atoms with Gasteiger partial charge in [-0.15, -0.1) is 0 Å². The summed E-state index contributed by atoms with van der Waals surface area (Å²) in [6.07, 6.45) is 27.7. The number of nitrogens with one attached hydrogen (secondary N) is 1. The monoisotopic (exact) mass is 1220 g/mol. The number of carbonyl (C=O) groups is 1. The van der Waals surface area contributed by atoms with Gasteiger partial charge in [0.2, 0.25) is 5.91 Å². The molecule has 3 saturated heterocycles. The van der Waals surface area contributed by atoms with E-state index in [4.69, 9.17) is 28.4 Å². The van der Waals surface area contributed by atoms with E-state index in [2.05, 4.69) is 24.4 Å². The summed E-state index contributed by atoms with van der Waals surface area (Å²) in [5.74, 6) is -0.250. The predicted octanol–water partition coefficient (Wildman–Crippen LogP) is 8.50. The molecule has 502 valence electrons. The molecule has 3 heterocycles. The Morgan fingerprint density at radius 2 is 0.741 bits per heavy atom. The molecule has 12 N–H and O–H groups in total. The predicted molar refractivity (Wildman–Crippen MR) is 328 cm³/mol. The summed E-state index contributed by atoms with van der Waals surface area (Å²) in [7, 11) is 0. The first-order chi connectivity index (χ1) is 41.3. The number of hydrogen-bond donors (Lipinski definition) is 12. The fourth-order valence-corrected chi connectivity index (χ4v) is 12.0. The quantitative estimate of drug-likeness (QED) is 0.0201. The van der Waals surface area contributed by atoms with E-state index in [0.717, 1.165) is 32.1 Å². The Balaban J connectivity index is 1.20. The van der Waals surface area contributed by atoms with Crippen LogP contribution in [0.25, 0.3) is 0 Å². The van der Waals surface area contributed by atoms with Crippen molar-refractivity contribution in [3.8, 4) is 0 Å². The average Bonchev–Trinajstić information content (AvgIpc) is 3.44. The van der Waals surface area contributed by atoms with Crippen LogP contribution in [0.1, 0.15) is 271 Å². The third kappa shape index (κ3) is 31.9. The van der Waals surface area contributed by atoms with E-state index in [1.165, 1.54) is 199 Å². The van der Waals surface area contributed by atoms with E-state index in [9.17, 15) is 61.0 Å². The third-order valence-electron chi connectivity index (χ3n) is 17.6. The number of aliphatic hydroxyl groups excluding tert-OH is 11. The molecule has 17 atom stereocenters. The molecule has 0 saturated carbocycles. The smallest absolute Gasteiger partial charge is 0.220 e. The van der Waals surface area contributed by atoms with Gasteiger partial charge in [-0.3, -0.25) is 4.79 Å². The highest BCUT2D eigenvalue weighted by Crippen LogP contribution is 2.33. The van der Waals surface area contributed by atoms with E-state index in [1.807, 2.05) is 6.92 Å². The van der Waals surface area contributed by atoms with Gasteiger partial charge in [-0.2, -0.15) is 0 Å². The first-order valence-corrected chi connectivity index (χ1v) is 34.4. The van der Waals surface area contributed by atoms with Gasteiger partial charge in [0.15, 0.2) is 18.9 Å². The number of allylic oxidation sites excluding steroid dienone is 2. The number of amides is 1. The molecule has 3 aliphatic heterocycles. The Bertz CT molecular complexity index is 1600. The number of aliphatic hydroxyl groups is 11. The topological polar surface area (TPSA) is 307 Å². The summed E-state index contributed by atoms with van der Waals surface area (Å²) >= 11 is 0. The maximum atomic E-state index is 13.2. The van der Waals surface area contributed by atoms with Gasteiger partial charge in [0, 0.05) is 6.42 Å². The molecule has 0 aromatic heterocycles. The molecule has 17 unspecified atom stereocenters. The minimum absolute atomic E-state index is 0.250. The molecule has 85 heavy (non-hydrogen) atoms. The Hall–Kier alpha value is -1.47. The van der Waals surface area contributed by atoms with E-state index >= 15 is 0 Å². The molecule has 0 aromatic carbocycles. The second-order valence-electron chi connectivity index (χ2n) is 25.0. The molecule has 0 aromatic rings.